The molecule has 0 bridgehead atoms. The summed E-state index contributed by atoms with van der Waals surface area (Å²) < 4.78 is 40.7. The van der Waals surface area contributed by atoms with E-state index in [9.17, 15) is 18.4 Å². The monoisotopic (exact) mass is 629 g/mol. The lowest BCUT2D eigenvalue weighted by Crippen LogP contribution is -2.23. The fraction of sp³-hybridized carbons (Fsp3) is 0.152. The lowest BCUT2D eigenvalue weighted by molar-refractivity contribution is 0.0947. The minimum Gasteiger partial charge on any atom is -0.496 e. The first kappa shape index (κ1) is 31.2. The molecule has 4 aromatic carbocycles. The highest BCUT2D eigenvalue weighted by molar-refractivity contribution is 7.99. The number of carbonyl (C=O) groups excluding carboxylic acids is 2. The van der Waals surface area contributed by atoms with Crippen molar-refractivity contribution in [3.63, 3.8) is 0 Å². The molecule has 0 saturated carbocycles. The molecule has 0 unspecified atom stereocenters. The molecule has 0 radical (unpaired) electrons. The number of carbonyl (C=O) groups is 2. The Kier molecular flexibility index (Phi) is 9.14. The van der Waals surface area contributed by atoms with E-state index in [1.54, 1.807) is 30.3 Å². The lowest BCUT2D eigenvalue weighted by Gasteiger charge is -2.20. The molecular formula is C33H29F2N5O4S. The van der Waals surface area contributed by atoms with Crippen molar-refractivity contribution in [2.24, 2.45) is 5.11 Å². The quantitative estimate of drug-likeness (QED) is 0.107. The van der Waals surface area contributed by atoms with Gasteiger partial charge in [-0.1, -0.05) is 24.1 Å². The molecule has 0 aliphatic heterocycles. The predicted octanol–water partition coefficient (Wildman–Crippen LogP) is 7.72. The van der Waals surface area contributed by atoms with Crippen LogP contribution in [0.25, 0.3) is 33.4 Å². The number of nitrogens with one attached hydrogen (secondary N) is 3. The second-order valence-corrected chi connectivity index (χ2v) is 10.8. The van der Waals surface area contributed by atoms with Gasteiger partial charge < -0.3 is 24.1 Å². The maximum atomic E-state index is 13.7. The lowest BCUT2D eigenvalue weighted by atomic mass is 9.96. The Morgan fingerprint density at radius 3 is 2.36 bits per heavy atom. The number of rotatable bonds is 10. The van der Waals surface area contributed by atoms with E-state index >= 15 is 0 Å². The molecule has 0 atom stereocenters. The van der Waals surface area contributed by atoms with Gasteiger partial charge in [0.1, 0.15) is 28.7 Å². The maximum absolute atomic E-state index is 13.7. The zero-order chi connectivity index (χ0) is 32.2. The number of anilines is 1. The van der Waals surface area contributed by atoms with Crippen LogP contribution in [0, 0.1) is 17.2 Å². The molecule has 3 N–H and O–H groups in total. The molecule has 12 heteroatoms. The number of benzene rings is 4. The standard InChI is InChI=1S/C33H29F2N5O4S/c1-37-33(42)30-25-15-23(27(40(2)45-4)16-29(25)44-31(30)18-5-9-21(34)10-6-18)19-8-12-26(39-36)24(13-19)32(41)38-17-20-7-11-22(35)14-28(20)43-3/h5-16,36H,17H2,1-4H3,(H,37,42)(H,38,41). The highest BCUT2D eigenvalue weighted by Gasteiger charge is 2.25. The van der Waals surface area contributed by atoms with Gasteiger partial charge in [0.05, 0.1) is 29.6 Å². The van der Waals surface area contributed by atoms with Gasteiger partial charge in [0.2, 0.25) is 0 Å². The van der Waals surface area contributed by atoms with E-state index in [-0.39, 0.29) is 29.3 Å². The Bertz CT molecular complexity index is 1930. The van der Waals surface area contributed by atoms with E-state index in [1.807, 2.05) is 29.7 Å². The maximum Gasteiger partial charge on any atom is 0.255 e. The van der Waals surface area contributed by atoms with Crippen molar-refractivity contribution in [3.05, 3.63) is 101 Å². The molecule has 1 aromatic heterocycles. The van der Waals surface area contributed by atoms with Gasteiger partial charge in [-0.2, -0.15) is 5.11 Å². The molecule has 2 amide bonds. The molecule has 0 aliphatic carbocycles. The molecule has 9 nitrogen and oxygen atoms in total. The summed E-state index contributed by atoms with van der Waals surface area (Å²) in [5.41, 5.74) is 11.8. The minimum absolute atomic E-state index is 0.0487. The van der Waals surface area contributed by atoms with Crippen molar-refractivity contribution in [1.29, 1.82) is 5.53 Å². The van der Waals surface area contributed by atoms with E-state index in [0.29, 0.717) is 44.7 Å². The molecule has 230 valence electrons. The first-order valence-corrected chi connectivity index (χ1v) is 14.9. The Hall–Kier alpha value is -5.23. The Morgan fingerprint density at radius 2 is 1.69 bits per heavy atom. The summed E-state index contributed by atoms with van der Waals surface area (Å²) in [5, 5.41) is 9.53. The van der Waals surface area contributed by atoms with Crippen molar-refractivity contribution >= 4 is 46.1 Å². The van der Waals surface area contributed by atoms with E-state index < -0.39 is 17.5 Å². The van der Waals surface area contributed by atoms with Crippen molar-refractivity contribution in [3.8, 4) is 28.2 Å². The number of ether oxygens (including phenoxy) is 1. The van der Waals surface area contributed by atoms with Crippen molar-refractivity contribution in [2.45, 2.75) is 6.54 Å². The number of hydrogen-bond donors (Lipinski definition) is 3. The molecule has 5 aromatic rings. The number of furan rings is 1. The first-order valence-electron chi connectivity index (χ1n) is 13.7. The molecule has 5 rings (SSSR count). The van der Waals surface area contributed by atoms with E-state index in [0.717, 1.165) is 5.69 Å². The first-order chi connectivity index (χ1) is 21.7. The third-order valence-corrected chi connectivity index (χ3v) is 8.09. The Morgan fingerprint density at radius 1 is 0.978 bits per heavy atom. The molecule has 0 saturated heterocycles. The van der Waals surface area contributed by atoms with Gasteiger partial charge in [-0.05, 0) is 54.1 Å². The van der Waals surface area contributed by atoms with Crippen LogP contribution in [0.2, 0.25) is 0 Å². The van der Waals surface area contributed by atoms with Crippen LogP contribution in [0.5, 0.6) is 5.75 Å². The van der Waals surface area contributed by atoms with Crippen LogP contribution in [0.15, 0.2) is 82.3 Å². The average Bonchev–Trinajstić information content (AvgIpc) is 3.44. The molecule has 0 fully saturated rings. The van der Waals surface area contributed by atoms with Crippen molar-refractivity contribution in [1.82, 2.24) is 10.6 Å². The normalized spacial score (nSPS) is 10.9. The van der Waals surface area contributed by atoms with Gasteiger partial charge in [-0.25, -0.2) is 14.3 Å². The van der Waals surface area contributed by atoms with E-state index in [4.69, 9.17) is 14.7 Å². The third kappa shape index (κ3) is 6.22. The number of nitrogens with zero attached hydrogens (tertiary/aromatic N) is 2. The van der Waals surface area contributed by atoms with Crippen molar-refractivity contribution < 1.29 is 27.5 Å². The average molecular weight is 630 g/mol. The van der Waals surface area contributed by atoms with Crippen LogP contribution in [-0.4, -0.2) is 39.3 Å². The Balaban J connectivity index is 1.63. The zero-order valence-electron chi connectivity index (χ0n) is 24.8. The van der Waals surface area contributed by atoms with Crippen LogP contribution in [0.4, 0.5) is 20.2 Å². The fourth-order valence-corrected chi connectivity index (χ4v) is 5.34. The molecular weight excluding hydrogens is 600 g/mol. The van der Waals surface area contributed by atoms with Gasteiger partial charge in [0.15, 0.2) is 0 Å². The molecule has 0 aliphatic rings. The van der Waals surface area contributed by atoms with E-state index in [2.05, 4.69) is 15.7 Å². The predicted molar refractivity (Wildman–Crippen MR) is 171 cm³/mol. The second-order valence-electron chi connectivity index (χ2n) is 9.92. The molecule has 1 heterocycles. The summed E-state index contributed by atoms with van der Waals surface area (Å²) in [4.78, 5) is 26.6. The van der Waals surface area contributed by atoms with Gasteiger partial charge in [0.25, 0.3) is 11.8 Å². The summed E-state index contributed by atoms with van der Waals surface area (Å²) in [6.07, 6.45) is 1.90. The smallest absolute Gasteiger partial charge is 0.255 e. The van der Waals surface area contributed by atoms with Crippen LogP contribution < -0.4 is 19.7 Å². The second kappa shape index (κ2) is 13.2. The van der Waals surface area contributed by atoms with Gasteiger partial charge in [-0.3, -0.25) is 9.59 Å². The third-order valence-electron chi connectivity index (χ3n) is 7.34. The number of halogens is 2. The number of amides is 2. The summed E-state index contributed by atoms with van der Waals surface area (Å²) in [6.45, 7) is 0.0487. The molecule has 45 heavy (non-hydrogen) atoms. The van der Waals surface area contributed by atoms with E-state index in [1.165, 1.54) is 56.4 Å². The van der Waals surface area contributed by atoms with Crippen molar-refractivity contribution in [2.75, 3.05) is 31.8 Å². The zero-order valence-corrected chi connectivity index (χ0v) is 25.6. The highest BCUT2D eigenvalue weighted by Crippen LogP contribution is 2.42. The number of methoxy groups -OCH3 is 1. The van der Waals surface area contributed by atoms with Gasteiger partial charge in [-0.15, -0.1) is 0 Å². The largest absolute Gasteiger partial charge is 0.496 e. The number of fused-ring (bicyclic) bond motifs is 1. The minimum atomic E-state index is -0.497. The van der Waals surface area contributed by atoms with Crippen LogP contribution >= 0.6 is 11.9 Å². The summed E-state index contributed by atoms with van der Waals surface area (Å²) in [6, 6.07) is 18.3. The van der Waals surface area contributed by atoms with Crippen LogP contribution in [-0.2, 0) is 6.54 Å². The van der Waals surface area contributed by atoms with Gasteiger partial charge in [0, 0.05) is 61.1 Å². The molecule has 0 spiro atoms. The SMILES string of the molecule is CNC(=O)c1c(-c2ccc(F)cc2)oc2cc(N(C)SC)c(-c3ccc(N=N)c(C(=O)NCc4ccc(F)cc4OC)c3)cc12. The Labute approximate surface area is 262 Å². The highest BCUT2D eigenvalue weighted by atomic mass is 32.2. The van der Waals surface area contributed by atoms with Gasteiger partial charge >= 0.3 is 0 Å². The summed E-state index contributed by atoms with van der Waals surface area (Å²) >= 11 is 1.45. The summed E-state index contributed by atoms with van der Waals surface area (Å²) in [5.74, 6) is -1.18. The van der Waals surface area contributed by atoms with Crippen LogP contribution in [0.1, 0.15) is 26.3 Å². The van der Waals surface area contributed by atoms with Crippen LogP contribution in [0.3, 0.4) is 0 Å². The topological polar surface area (TPSA) is 120 Å². The number of hydrogen-bond acceptors (Lipinski definition) is 8. The summed E-state index contributed by atoms with van der Waals surface area (Å²) in [7, 11) is 4.80. The fourth-order valence-electron chi connectivity index (χ4n) is 5.00.